The number of aryl methyl sites for hydroxylation is 2. The molecule has 2 rings (SSSR count). The van der Waals surface area contributed by atoms with Gasteiger partial charge < -0.3 is 5.11 Å². The van der Waals surface area contributed by atoms with Crippen LogP contribution in [0.2, 0.25) is 0 Å². The van der Waals surface area contributed by atoms with Crippen LogP contribution in [0.4, 0.5) is 0 Å². The van der Waals surface area contributed by atoms with Crippen LogP contribution < -0.4 is 0 Å². The minimum absolute atomic E-state index is 0.277. The first-order valence-corrected chi connectivity index (χ1v) is 8.14. The summed E-state index contributed by atoms with van der Waals surface area (Å²) in [5, 5.41) is 10.5. The van der Waals surface area contributed by atoms with Crippen LogP contribution in [0, 0.1) is 19.8 Å². The van der Waals surface area contributed by atoms with E-state index >= 15 is 0 Å². The summed E-state index contributed by atoms with van der Waals surface area (Å²) in [4.78, 5) is 20.0. The predicted molar refractivity (Wildman–Crippen MR) is 80.4 cm³/mol. The van der Waals surface area contributed by atoms with Crippen LogP contribution in [0.5, 0.6) is 0 Å². The third kappa shape index (κ3) is 3.51. The monoisotopic (exact) mass is 294 g/mol. The van der Waals surface area contributed by atoms with Crippen LogP contribution in [0.25, 0.3) is 0 Å². The quantitative estimate of drug-likeness (QED) is 0.854. The molecule has 1 aromatic rings. The molecule has 110 valence electrons. The van der Waals surface area contributed by atoms with E-state index in [9.17, 15) is 9.90 Å². The normalized spacial score (nSPS) is 22.8. The molecule has 1 N–H and O–H groups in total. The van der Waals surface area contributed by atoms with Gasteiger partial charge in [-0.2, -0.15) is 0 Å². The highest BCUT2D eigenvalue weighted by Crippen LogP contribution is 2.38. The molecule has 1 fully saturated rings. The molecule has 0 bridgehead atoms. The Bertz CT molecular complexity index is 505. The Balaban J connectivity index is 2.22. The van der Waals surface area contributed by atoms with Crippen LogP contribution in [0.1, 0.15) is 60.9 Å². The Morgan fingerprint density at radius 3 is 2.75 bits per heavy atom. The number of carboxylic acid groups (broad SMARTS) is 1. The molecule has 0 spiro atoms. The summed E-state index contributed by atoms with van der Waals surface area (Å²) >= 11 is 1.63. The second-order valence-electron chi connectivity index (χ2n) is 5.52. The molecular formula is C15H22N2O2S. The number of hydrogen-bond acceptors (Lipinski definition) is 4. The summed E-state index contributed by atoms with van der Waals surface area (Å²) in [6, 6.07) is 0. The molecule has 5 heteroatoms. The first-order chi connectivity index (χ1) is 9.51. The number of nitrogens with zero attached hydrogens (tertiary/aromatic N) is 2. The fraction of sp³-hybridized carbons (Fsp3) is 0.667. The van der Waals surface area contributed by atoms with Crippen molar-refractivity contribution in [2.75, 3.05) is 0 Å². The Kier molecular flexibility index (Phi) is 5.02. The first kappa shape index (κ1) is 15.3. The lowest BCUT2D eigenvalue weighted by atomic mass is 9.87. The van der Waals surface area contributed by atoms with Crippen molar-refractivity contribution in [3.05, 3.63) is 17.1 Å². The Labute approximate surface area is 124 Å². The lowest BCUT2D eigenvalue weighted by Gasteiger charge is -2.28. The number of hydrogen-bond donors (Lipinski definition) is 1. The zero-order valence-corrected chi connectivity index (χ0v) is 13.2. The van der Waals surface area contributed by atoms with Crippen LogP contribution in [0.3, 0.4) is 0 Å². The Morgan fingerprint density at radius 2 is 2.10 bits per heavy atom. The number of carboxylic acids is 1. The summed E-state index contributed by atoms with van der Waals surface area (Å²) in [6.07, 6.45) is 6.08. The second-order valence-corrected chi connectivity index (χ2v) is 6.81. The predicted octanol–water partition coefficient (Wildman–Crippen LogP) is 3.85. The van der Waals surface area contributed by atoms with Crippen molar-refractivity contribution in [3.8, 4) is 0 Å². The topological polar surface area (TPSA) is 63.1 Å². The Hall–Kier alpha value is -1.10. The van der Waals surface area contributed by atoms with E-state index in [1.165, 1.54) is 25.7 Å². The van der Waals surface area contributed by atoms with Gasteiger partial charge >= 0.3 is 5.97 Å². The molecule has 0 radical (unpaired) electrons. The second kappa shape index (κ2) is 6.57. The van der Waals surface area contributed by atoms with Crippen LogP contribution in [-0.4, -0.2) is 26.3 Å². The maximum atomic E-state index is 11.4. The highest BCUT2D eigenvalue weighted by atomic mass is 32.2. The van der Waals surface area contributed by atoms with Gasteiger partial charge in [0.15, 0.2) is 0 Å². The summed E-state index contributed by atoms with van der Waals surface area (Å²) < 4.78 is 0. The number of rotatable bonds is 4. The zero-order valence-electron chi connectivity index (χ0n) is 12.3. The minimum atomic E-state index is -0.923. The fourth-order valence-corrected chi connectivity index (χ4v) is 4.40. The Morgan fingerprint density at radius 1 is 1.35 bits per heavy atom. The number of aromatic nitrogens is 2. The van der Waals surface area contributed by atoms with Crippen molar-refractivity contribution in [2.45, 2.75) is 63.2 Å². The number of aromatic carboxylic acids is 1. The first-order valence-electron chi connectivity index (χ1n) is 7.26. The van der Waals surface area contributed by atoms with Gasteiger partial charge in [-0.05, 0) is 32.6 Å². The third-order valence-electron chi connectivity index (χ3n) is 3.97. The molecule has 2 atom stereocenters. The van der Waals surface area contributed by atoms with Crippen molar-refractivity contribution in [3.63, 3.8) is 0 Å². The van der Waals surface area contributed by atoms with Crippen molar-refractivity contribution < 1.29 is 9.90 Å². The highest BCUT2D eigenvalue weighted by Gasteiger charge is 2.25. The van der Waals surface area contributed by atoms with Gasteiger partial charge in [-0.3, -0.25) is 0 Å². The molecule has 1 aromatic heterocycles. The molecule has 0 amide bonds. The number of thioether (sulfide) groups is 1. The SMILES string of the molecule is CCC1CCCC(Sc2nc(C)nc(C)c2C(=O)O)C1. The highest BCUT2D eigenvalue weighted by molar-refractivity contribution is 7.99. The van der Waals surface area contributed by atoms with Crippen LogP contribution in [0.15, 0.2) is 5.03 Å². The molecule has 20 heavy (non-hydrogen) atoms. The van der Waals surface area contributed by atoms with Crippen molar-refractivity contribution in [1.82, 2.24) is 9.97 Å². The van der Waals surface area contributed by atoms with Gasteiger partial charge in [0.2, 0.25) is 0 Å². The van der Waals surface area contributed by atoms with Gasteiger partial charge in [0.25, 0.3) is 0 Å². The van der Waals surface area contributed by atoms with Gasteiger partial charge in [0, 0.05) is 5.25 Å². The molecule has 2 unspecified atom stereocenters. The van der Waals surface area contributed by atoms with E-state index in [0.717, 1.165) is 12.3 Å². The van der Waals surface area contributed by atoms with Crippen molar-refractivity contribution in [2.24, 2.45) is 5.92 Å². The molecular weight excluding hydrogens is 272 g/mol. The van der Waals surface area contributed by atoms with E-state index in [4.69, 9.17) is 0 Å². The molecule has 0 aromatic carbocycles. The molecule has 1 aliphatic carbocycles. The summed E-state index contributed by atoms with van der Waals surface area (Å²) in [7, 11) is 0. The number of carbonyl (C=O) groups is 1. The molecule has 0 saturated heterocycles. The molecule has 4 nitrogen and oxygen atoms in total. The lowest BCUT2D eigenvalue weighted by Crippen LogP contribution is -2.18. The molecule has 1 heterocycles. The third-order valence-corrected chi connectivity index (χ3v) is 5.25. The maximum absolute atomic E-state index is 11.4. The van der Waals surface area contributed by atoms with E-state index in [-0.39, 0.29) is 5.56 Å². The van der Waals surface area contributed by atoms with Gasteiger partial charge in [-0.25, -0.2) is 14.8 Å². The summed E-state index contributed by atoms with van der Waals surface area (Å²) in [6.45, 7) is 5.80. The van der Waals surface area contributed by atoms with Crippen molar-refractivity contribution in [1.29, 1.82) is 0 Å². The summed E-state index contributed by atoms with van der Waals surface area (Å²) in [5.74, 6) is 0.504. The standard InChI is InChI=1S/C15H22N2O2S/c1-4-11-6-5-7-12(8-11)20-14-13(15(18)19)9(2)16-10(3)17-14/h11-12H,4-8H2,1-3H3,(H,18,19). The van der Waals surface area contributed by atoms with E-state index in [1.807, 2.05) is 6.92 Å². The van der Waals surface area contributed by atoms with Gasteiger partial charge in [-0.15, -0.1) is 11.8 Å². The molecule has 1 saturated carbocycles. The lowest BCUT2D eigenvalue weighted by molar-refractivity contribution is 0.0690. The van der Waals surface area contributed by atoms with Crippen molar-refractivity contribution >= 4 is 17.7 Å². The minimum Gasteiger partial charge on any atom is -0.478 e. The van der Waals surface area contributed by atoms with Gasteiger partial charge in [-0.1, -0.05) is 26.2 Å². The molecule has 1 aliphatic rings. The van der Waals surface area contributed by atoms with Gasteiger partial charge in [0.1, 0.15) is 16.4 Å². The van der Waals surface area contributed by atoms with E-state index in [1.54, 1.807) is 18.7 Å². The van der Waals surface area contributed by atoms with E-state index in [0.29, 0.717) is 21.8 Å². The van der Waals surface area contributed by atoms with Crippen LogP contribution in [-0.2, 0) is 0 Å². The van der Waals surface area contributed by atoms with E-state index in [2.05, 4.69) is 16.9 Å². The molecule has 0 aliphatic heterocycles. The smallest absolute Gasteiger partial charge is 0.340 e. The largest absolute Gasteiger partial charge is 0.478 e. The van der Waals surface area contributed by atoms with E-state index < -0.39 is 5.97 Å². The van der Waals surface area contributed by atoms with Crippen LogP contribution >= 0.6 is 11.8 Å². The fourth-order valence-electron chi connectivity index (χ4n) is 2.89. The zero-order chi connectivity index (χ0) is 14.7. The maximum Gasteiger partial charge on any atom is 0.340 e. The summed E-state index contributed by atoms with van der Waals surface area (Å²) in [5.41, 5.74) is 0.842. The average molecular weight is 294 g/mol. The average Bonchev–Trinajstić information content (AvgIpc) is 2.37. The van der Waals surface area contributed by atoms with Gasteiger partial charge in [0.05, 0.1) is 5.69 Å².